The standard InChI is InChI=1S/C15H12F4O2/c1-21-13-4-2-3-8(14(13)18)7-12(20)9-5-10(16)15(19)11(17)6-9/h2-6,12,20H,7H2,1H3. The Morgan fingerprint density at radius 3 is 2.24 bits per heavy atom. The van der Waals surface area contributed by atoms with Crippen LogP contribution in [-0.4, -0.2) is 12.2 Å². The van der Waals surface area contributed by atoms with Crippen molar-refractivity contribution in [3.63, 3.8) is 0 Å². The maximum atomic E-state index is 13.9. The van der Waals surface area contributed by atoms with Crippen LogP contribution in [0, 0.1) is 23.3 Å². The summed E-state index contributed by atoms with van der Waals surface area (Å²) in [5.41, 5.74) is -0.0550. The molecule has 0 aliphatic rings. The Balaban J connectivity index is 2.28. The van der Waals surface area contributed by atoms with Crippen LogP contribution in [0.5, 0.6) is 5.75 Å². The van der Waals surface area contributed by atoms with Crippen LogP contribution in [-0.2, 0) is 6.42 Å². The van der Waals surface area contributed by atoms with Crippen LogP contribution < -0.4 is 4.74 Å². The van der Waals surface area contributed by atoms with Gasteiger partial charge >= 0.3 is 0 Å². The molecule has 0 saturated heterocycles. The summed E-state index contributed by atoms with van der Waals surface area (Å²) >= 11 is 0. The predicted molar refractivity (Wildman–Crippen MR) is 67.9 cm³/mol. The summed E-state index contributed by atoms with van der Waals surface area (Å²) in [5.74, 6) is -5.10. The van der Waals surface area contributed by atoms with Crippen LogP contribution >= 0.6 is 0 Å². The van der Waals surface area contributed by atoms with Crippen molar-refractivity contribution in [2.24, 2.45) is 0 Å². The van der Waals surface area contributed by atoms with E-state index >= 15 is 0 Å². The molecule has 0 aliphatic heterocycles. The van der Waals surface area contributed by atoms with Crippen LogP contribution in [0.25, 0.3) is 0 Å². The fourth-order valence-electron chi connectivity index (χ4n) is 1.97. The van der Waals surface area contributed by atoms with Crippen molar-refractivity contribution >= 4 is 0 Å². The molecule has 2 aromatic carbocycles. The van der Waals surface area contributed by atoms with Crippen molar-refractivity contribution < 1.29 is 27.4 Å². The maximum Gasteiger partial charge on any atom is 0.194 e. The zero-order valence-electron chi connectivity index (χ0n) is 11.0. The third kappa shape index (κ3) is 3.16. The Morgan fingerprint density at radius 2 is 1.67 bits per heavy atom. The first kappa shape index (κ1) is 15.3. The van der Waals surface area contributed by atoms with E-state index in [2.05, 4.69) is 0 Å². The second-order valence-corrected chi connectivity index (χ2v) is 4.45. The Labute approximate surface area is 118 Å². The van der Waals surface area contributed by atoms with Crippen molar-refractivity contribution in [1.82, 2.24) is 0 Å². The summed E-state index contributed by atoms with van der Waals surface area (Å²) in [6.07, 6.45) is -1.61. The monoisotopic (exact) mass is 300 g/mol. The molecule has 2 rings (SSSR count). The van der Waals surface area contributed by atoms with Gasteiger partial charge in [0, 0.05) is 6.42 Å². The van der Waals surface area contributed by atoms with E-state index in [1.54, 1.807) is 0 Å². The highest BCUT2D eigenvalue weighted by molar-refractivity contribution is 5.32. The van der Waals surface area contributed by atoms with E-state index in [4.69, 9.17) is 4.74 Å². The van der Waals surface area contributed by atoms with E-state index in [0.717, 1.165) is 0 Å². The largest absolute Gasteiger partial charge is 0.494 e. The van der Waals surface area contributed by atoms with Gasteiger partial charge in [-0.1, -0.05) is 12.1 Å². The molecule has 2 aromatic rings. The summed E-state index contributed by atoms with van der Waals surface area (Å²) in [4.78, 5) is 0. The van der Waals surface area contributed by atoms with Gasteiger partial charge in [-0.25, -0.2) is 17.6 Å². The quantitative estimate of drug-likeness (QED) is 0.691. The second-order valence-electron chi connectivity index (χ2n) is 4.45. The molecule has 0 amide bonds. The van der Waals surface area contributed by atoms with Gasteiger partial charge in [0.2, 0.25) is 0 Å². The van der Waals surface area contributed by atoms with Crippen molar-refractivity contribution in [3.05, 3.63) is 64.7 Å². The van der Waals surface area contributed by atoms with Gasteiger partial charge in [-0.3, -0.25) is 0 Å². The average molecular weight is 300 g/mol. The summed E-state index contributed by atoms with van der Waals surface area (Å²) in [5, 5.41) is 9.94. The molecule has 112 valence electrons. The molecule has 0 radical (unpaired) electrons. The second kappa shape index (κ2) is 6.13. The molecule has 1 N–H and O–H groups in total. The summed E-state index contributed by atoms with van der Waals surface area (Å²) in [6.45, 7) is 0. The number of ether oxygens (including phenoxy) is 1. The van der Waals surface area contributed by atoms with Crippen LogP contribution in [0.2, 0.25) is 0 Å². The van der Waals surface area contributed by atoms with E-state index < -0.39 is 29.4 Å². The van der Waals surface area contributed by atoms with Crippen LogP contribution in [0.1, 0.15) is 17.2 Å². The molecular formula is C15H12F4O2. The molecule has 0 saturated carbocycles. The number of hydrogen-bond acceptors (Lipinski definition) is 2. The van der Waals surface area contributed by atoms with Gasteiger partial charge in [-0.2, -0.15) is 0 Å². The number of rotatable bonds is 4. The Bertz CT molecular complexity index is 635. The van der Waals surface area contributed by atoms with Gasteiger partial charge in [0.15, 0.2) is 29.0 Å². The SMILES string of the molecule is COc1cccc(CC(O)c2cc(F)c(F)c(F)c2)c1F. The maximum absolute atomic E-state index is 13.9. The fraction of sp³-hybridized carbons (Fsp3) is 0.200. The van der Waals surface area contributed by atoms with Crippen molar-refractivity contribution in [3.8, 4) is 5.75 Å². The first-order valence-corrected chi connectivity index (χ1v) is 6.08. The zero-order chi connectivity index (χ0) is 15.6. The zero-order valence-corrected chi connectivity index (χ0v) is 11.0. The number of benzene rings is 2. The van der Waals surface area contributed by atoms with E-state index in [9.17, 15) is 22.7 Å². The molecule has 1 atom stereocenters. The summed E-state index contributed by atoms with van der Waals surface area (Å²) < 4.78 is 57.8. The smallest absolute Gasteiger partial charge is 0.194 e. The lowest BCUT2D eigenvalue weighted by atomic mass is 10.0. The number of halogens is 4. The highest BCUT2D eigenvalue weighted by atomic mass is 19.2. The molecule has 0 aromatic heterocycles. The molecule has 0 bridgehead atoms. The van der Waals surface area contributed by atoms with E-state index in [1.165, 1.54) is 25.3 Å². The van der Waals surface area contributed by atoms with Gasteiger partial charge < -0.3 is 9.84 Å². The molecule has 2 nitrogen and oxygen atoms in total. The lowest BCUT2D eigenvalue weighted by Crippen LogP contribution is -2.06. The van der Waals surface area contributed by atoms with E-state index in [0.29, 0.717) is 12.1 Å². The van der Waals surface area contributed by atoms with Crippen molar-refractivity contribution in [2.75, 3.05) is 7.11 Å². The normalized spacial score (nSPS) is 12.3. The first-order valence-electron chi connectivity index (χ1n) is 6.08. The number of hydrogen-bond donors (Lipinski definition) is 1. The van der Waals surface area contributed by atoms with Gasteiger partial charge in [-0.05, 0) is 29.3 Å². The van der Waals surface area contributed by atoms with Crippen molar-refractivity contribution in [1.29, 1.82) is 0 Å². The van der Waals surface area contributed by atoms with Gasteiger partial charge in [0.05, 0.1) is 13.2 Å². The predicted octanol–water partition coefficient (Wildman–Crippen LogP) is 3.53. The minimum absolute atomic E-state index is 0.00355. The highest BCUT2D eigenvalue weighted by Crippen LogP contribution is 2.26. The fourth-order valence-corrected chi connectivity index (χ4v) is 1.97. The van der Waals surface area contributed by atoms with Gasteiger partial charge in [-0.15, -0.1) is 0 Å². The summed E-state index contributed by atoms with van der Waals surface area (Å²) in [7, 11) is 1.29. The van der Waals surface area contributed by atoms with E-state index in [1.807, 2.05) is 0 Å². The Hall–Kier alpha value is -2.08. The van der Waals surface area contributed by atoms with Gasteiger partial charge in [0.25, 0.3) is 0 Å². The Kier molecular flexibility index (Phi) is 4.47. The third-order valence-corrected chi connectivity index (χ3v) is 3.07. The molecule has 0 heterocycles. The summed E-state index contributed by atoms with van der Waals surface area (Å²) in [6, 6.07) is 5.71. The molecule has 0 aliphatic carbocycles. The lowest BCUT2D eigenvalue weighted by Gasteiger charge is -2.13. The molecule has 21 heavy (non-hydrogen) atoms. The molecular weight excluding hydrogens is 288 g/mol. The van der Waals surface area contributed by atoms with Crippen molar-refractivity contribution in [2.45, 2.75) is 12.5 Å². The first-order chi connectivity index (χ1) is 9.93. The topological polar surface area (TPSA) is 29.5 Å². The molecule has 0 fully saturated rings. The molecule has 1 unspecified atom stereocenters. The van der Waals surface area contributed by atoms with E-state index in [-0.39, 0.29) is 23.3 Å². The van der Waals surface area contributed by atoms with Crippen LogP contribution in [0.4, 0.5) is 17.6 Å². The lowest BCUT2D eigenvalue weighted by molar-refractivity contribution is 0.175. The van der Waals surface area contributed by atoms with Gasteiger partial charge in [0.1, 0.15) is 0 Å². The number of aliphatic hydroxyl groups is 1. The minimum atomic E-state index is -1.61. The van der Waals surface area contributed by atoms with Crippen LogP contribution in [0.3, 0.4) is 0 Å². The minimum Gasteiger partial charge on any atom is -0.494 e. The van der Waals surface area contributed by atoms with Crippen LogP contribution in [0.15, 0.2) is 30.3 Å². The number of aliphatic hydroxyl groups excluding tert-OH is 1. The molecule has 6 heteroatoms. The average Bonchev–Trinajstić information content (AvgIpc) is 2.46. The highest BCUT2D eigenvalue weighted by Gasteiger charge is 2.18. The molecule has 0 spiro atoms. The number of methoxy groups -OCH3 is 1. The third-order valence-electron chi connectivity index (χ3n) is 3.07. The Morgan fingerprint density at radius 1 is 1.05 bits per heavy atom.